The Kier molecular flexibility index (Phi) is 4.41. The lowest BCUT2D eigenvalue weighted by atomic mass is 10.2. The zero-order valence-electron chi connectivity index (χ0n) is 8.92. The van der Waals surface area contributed by atoms with E-state index in [2.05, 4.69) is 5.32 Å². The Morgan fingerprint density at radius 1 is 1.47 bits per heavy atom. The molecule has 0 spiro atoms. The molecule has 0 heterocycles. The van der Waals surface area contributed by atoms with Crippen molar-refractivity contribution in [2.75, 3.05) is 11.9 Å². The van der Waals surface area contributed by atoms with Gasteiger partial charge in [0.25, 0.3) is 5.69 Å². The smallest absolute Gasteiger partial charge is 0.271 e. The molecule has 1 amide bonds. The van der Waals surface area contributed by atoms with Crippen molar-refractivity contribution in [1.29, 1.82) is 0 Å². The number of aromatic hydroxyl groups is 1. The number of phenolic OH excluding ortho intramolecular Hbond substituents is 1. The zero-order chi connectivity index (χ0) is 12.8. The Morgan fingerprint density at radius 2 is 2.18 bits per heavy atom. The van der Waals surface area contributed by atoms with Gasteiger partial charge in [-0.15, -0.1) is 0 Å². The van der Waals surface area contributed by atoms with Crippen LogP contribution < -0.4 is 5.32 Å². The number of hydrogen-bond donors (Lipinski definition) is 3. The van der Waals surface area contributed by atoms with Crippen molar-refractivity contribution in [1.82, 2.24) is 0 Å². The number of carbonyl (C=O) groups excluding carboxylic acids is 1. The molecule has 1 aromatic carbocycles. The molecule has 0 aromatic heterocycles. The first-order valence-corrected chi connectivity index (χ1v) is 4.92. The number of nitrogens with zero attached hydrogens (tertiary/aromatic N) is 1. The summed E-state index contributed by atoms with van der Waals surface area (Å²) in [6, 6.07) is 3.35. The van der Waals surface area contributed by atoms with Gasteiger partial charge in [0.15, 0.2) is 0 Å². The molecule has 0 aliphatic rings. The van der Waals surface area contributed by atoms with Crippen LogP contribution in [0.1, 0.15) is 12.8 Å². The average molecular weight is 240 g/mol. The summed E-state index contributed by atoms with van der Waals surface area (Å²) in [4.78, 5) is 21.2. The second-order valence-corrected chi connectivity index (χ2v) is 3.33. The number of rotatable bonds is 5. The molecular formula is C10H12N2O5. The third kappa shape index (κ3) is 3.72. The number of hydrogen-bond acceptors (Lipinski definition) is 5. The van der Waals surface area contributed by atoms with E-state index >= 15 is 0 Å². The lowest BCUT2D eigenvalue weighted by molar-refractivity contribution is -0.384. The number of carbonyl (C=O) groups is 1. The molecule has 0 atom stereocenters. The van der Waals surface area contributed by atoms with E-state index in [1.165, 1.54) is 0 Å². The zero-order valence-corrected chi connectivity index (χ0v) is 8.92. The van der Waals surface area contributed by atoms with E-state index in [-0.39, 0.29) is 30.2 Å². The minimum Gasteiger partial charge on any atom is -0.506 e. The van der Waals surface area contributed by atoms with E-state index in [9.17, 15) is 20.0 Å². The SMILES string of the molecule is O=C(CCCO)Nc1cc([N+](=O)[O-])ccc1O. The van der Waals surface area contributed by atoms with Crippen molar-refractivity contribution in [2.24, 2.45) is 0 Å². The van der Waals surface area contributed by atoms with Gasteiger partial charge < -0.3 is 15.5 Å². The van der Waals surface area contributed by atoms with Crippen LogP contribution >= 0.6 is 0 Å². The topological polar surface area (TPSA) is 113 Å². The number of aliphatic hydroxyl groups is 1. The van der Waals surface area contributed by atoms with E-state index in [1.54, 1.807) is 0 Å². The Balaban J connectivity index is 2.79. The van der Waals surface area contributed by atoms with Crippen molar-refractivity contribution in [3.8, 4) is 5.75 Å². The Hall–Kier alpha value is -2.15. The third-order valence-corrected chi connectivity index (χ3v) is 2.03. The van der Waals surface area contributed by atoms with E-state index in [0.717, 1.165) is 18.2 Å². The Bertz CT molecular complexity index is 433. The van der Waals surface area contributed by atoms with Gasteiger partial charge in [-0.2, -0.15) is 0 Å². The largest absolute Gasteiger partial charge is 0.506 e. The number of nitro groups is 1. The number of anilines is 1. The minimum atomic E-state index is -0.622. The quantitative estimate of drug-likeness (QED) is 0.404. The summed E-state index contributed by atoms with van der Waals surface area (Å²) < 4.78 is 0. The first-order valence-electron chi connectivity index (χ1n) is 4.92. The fourth-order valence-electron chi connectivity index (χ4n) is 1.19. The van der Waals surface area contributed by atoms with Gasteiger partial charge in [-0.05, 0) is 12.5 Å². The maximum absolute atomic E-state index is 11.3. The fraction of sp³-hybridized carbons (Fsp3) is 0.300. The van der Waals surface area contributed by atoms with Crippen LogP contribution in [-0.4, -0.2) is 27.7 Å². The fourth-order valence-corrected chi connectivity index (χ4v) is 1.19. The minimum absolute atomic E-state index is 0.0119. The Labute approximate surface area is 96.8 Å². The summed E-state index contributed by atoms with van der Waals surface area (Å²) in [7, 11) is 0. The highest BCUT2D eigenvalue weighted by Crippen LogP contribution is 2.27. The first-order chi connectivity index (χ1) is 8.04. The molecule has 1 rings (SSSR count). The third-order valence-electron chi connectivity index (χ3n) is 2.03. The van der Waals surface area contributed by atoms with Gasteiger partial charge in [-0.1, -0.05) is 0 Å². The number of nitro benzene ring substituents is 1. The van der Waals surface area contributed by atoms with E-state index < -0.39 is 10.8 Å². The van der Waals surface area contributed by atoms with Crippen LogP contribution in [0.3, 0.4) is 0 Å². The molecule has 0 bridgehead atoms. The van der Waals surface area contributed by atoms with Crippen LogP contribution in [0.25, 0.3) is 0 Å². The summed E-state index contributed by atoms with van der Waals surface area (Å²) >= 11 is 0. The molecule has 0 aliphatic carbocycles. The highest BCUT2D eigenvalue weighted by Gasteiger charge is 2.12. The second-order valence-electron chi connectivity index (χ2n) is 3.33. The van der Waals surface area contributed by atoms with Crippen LogP contribution in [0.15, 0.2) is 18.2 Å². The highest BCUT2D eigenvalue weighted by molar-refractivity contribution is 5.92. The average Bonchev–Trinajstić information content (AvgIpc) is 2.29. The van der Waals surface area contributed by atoms with Crippen LogP contribution in [0, 0.1) is 10.1 Å². The van der Waals surface area contributed by atoms with E-state index in [1.807, 2.05) is 0 Å². The van der Waals surface area contributed by atoms with Crippen LogP contribution in [-0.2, 0) is 4.79 Å². The maximum atomic E-state index is 11.3. The predicted molar refractivity (Wildman–Crippen MR) is 59.7 cm³/mol. The molecule has 0 fully saturated rings. The van der Waals surface area contributed by atoms with Gasteiger partial charge in [0.05, 0.1) is 10.6 Å². The van der Waals surface area contributed by atoms with E-state index in [0.29, 0.717) is 6.42 Å². The Morgan fingerprint density at radius 3 is 2.76 bits per heavy atom. The summed E-state index contributed by atoms with van der Waals surface area (Å²) in [6.07, 6.45) is 0.375. The van der Waals surface area contributed by atoms with Crippen LogP contribution in [0.4, 0.5) is 11.4 Å². The van der Waals surface area contributed by atoms with Crippen molar-refractivity contribution in [3.05, 3.63) is 28.3 Å². The molecule has 0 unspecified atom stereocenters. The molecule has 0 saturated heterocycles. The molecular weight excluding hydrogens is 228 g/mol. The number of amides is 1. The van der Waals surface area contributed by atoms with Gasteiger partial charge >= 0.3 is 0 Å². The highest BCUT2D eigenvalue weighted by atomic mass is 16.6. The lowest BCUT2D eigenvalue weighted by Gasteiger charge is -2.06. The molecule has 0 radical (unpaired) electrons. The van der Waals surface area contributed by atoms with Crippen LogP contribution in [0.5, 0.6) is 5.75 Å². The molecule has 3 N–H and O–H groups in total. The van der Waals surface area contributed by atoms with Crippen molar-refractivity contribution in [2.45, 2.75) is 12.8 Å². The summed E-state index contributed by atoms with van der Waals surface area (Å²) in [6.45, 7) is -0.117. The van der Waals surface area contributed by atoms with Crippen molar-refractivity contribution < 1.29 is 19.9 Å². The molecule has 7 heteroatoms. The first kappa shape index (κ1) is 12.9. The number of non-ortho nitro benzene ring substituents is 1. The van der Waals surface area contributed by atoms with Crippen molar-refractivity contribution >= 4 is 17.3 Å². The van der Waals surface area contributed by atoms with Gasteiger partial charge in [-0.25, -0.2) is 0 Å². The molecule has 0 saturated carbocycles. The van der Waals surface area contributed by atoms with Crippen LogP contribution in [0.2, 0.25) is 0 Å². The normalized spacial score (nSPS) is 9.94. The summed E-state index contributed by atoms with van der Waals surface area (Å²) in [5.41, 5.74) is -0.234. The molecule has 92 valence electrons. The number of phenols is 1. The predicted octanol–water partition coefficient (Wildman–Crippen LogP) is 1.01. The molecule has 7 nitrogen and oxygen atoms in total. The number of aliphatic hydroxyl groups excluding tert-OH is 1. The maximum Gasteiger partial charge on any atom is 0.271 e. The standard InChI is InChI=1S/C10H12N2O5/c13-5-1-2-10(15)11-8-6-7(12(16)17)3-4-9(8)14/h3-4,6,13-14H,1-2,5H2,(H,11,15). The molecule has 1 aromatic rings. The lowest BCUT2D eigenvalue weighted by Crippen LogP contribution is -2.12. The van der Waals surface area contributed by atoms with E-state index in [4.69, 9.17) is 5.11 Å². The molecule has 0 aliphatic heterocycles. The van der Waals surface area contributed by atoms with Crippen molar-refractivity contribution in [3.63, 3.8) is 0 Å². The monoisotopic (exact) mass is 240 g/mol. The van der Waals surface area contributed by atoms with Gasteiger partial charge in [-0.3, -0.25) is 14.9 Å². The van der Waals surface area contributed by atoms with Gasteiger partial charge in [0.2, 0.25) is 5.91 Å². The summed E-state index contributed by atoms with van der Waals surface area (Å²) in [5, 5.41) is 30.8. The summed E-state index contributed by atoms with van der Waals surface area (Å²) in [5.74, 6) is -0.664. The number of benzene rings is 1. The molecule has 17 heavy (non-hydrogen) atoms. The number of nitrogens with one attached hydrogen (secondary N) is 1. The second kappa shape index (κ2) is 5.80. The van der Waals surface area contributed by atoms with Gasteiger partial charge in [0, 0.05) is 25.2 Å². The van der Waals surface area contributed by atoms with Gasteiger partial charge in [0.1, 0.15) is 5.75 Å².